The second-order valence-corrected chi connectivity index (χ2v) is 8.14. The molecule has 170 valence electrons. The van der Waals surface area contributed by atoms with Crippen LogP contribution < -0.4 is 16.0 Å². The summed E-state index contributed by atoms with van der Waals surface area (Å²) in [6, 6.07) is 14.3. The van der Waals surface area contributed by atoms with E-state index in [0.29, 0.717) is 53.6 Å². The van der Waals surface area contributed by atoms with Crippen molar-refractivity contribution in [3.63, 3.8) is 0 Å². The number of aliphatic imine (C=N–C) groups is 1. The summed E-state index contributed by atoms with van der Waals surface area (Å²) < 4.78 is 0. The number of nitriles is 1. The summed E-state index contributed by atoms with van der Waals surface area (Å²) in [5.41, 5.74) is 8.55. The maximum Gasteiger partial charge on any atom is 0.306 e. The molecule has 1 aliphatic heterocycles. The molecule has 9 heteroatoms. The number of carbonyl (C=O) groups is 2. The van der Waals surface area contributed by atoms with Crippen molar-refractivity contribution in [3.05, 3.63) is 64.8 Å². The minimum atomic E-state index is -0.784. The molecule has 33 heavy (non-hydrogen) atoms. The molecule has 0 aromatic heterocycles. The van der Waals surface area contributed by atoms with E-state index < -0.39 is 11.9 Å². The lowest BCUT2D eigenvalue weighted by atomic mass is 9.96. The standard InChI is InChI=1S/C24H24ClN5O3/c1-15(28-19-4-2-18(25)3-5-19)21(14-27)23(31)29-20-6-7-22(17(12-20)13-26)30-10-8-16(9-11-30)24(32)33/h2-7,12,14,16,25H,8-11H2,1H3,(H3-,27,28,29,31,32,33)/p+1. The maximum atomic E-state index is 12.8. The first-order valence-corrected chi connectivity index (χ1v) is 10.8. The number of carboxylic acids is 1. The third kappa shape index (κ3) is 5.90. The highest BCUT2D eigenvalue weighted by Gasteiger charge is 2.26. The highest BCUT2D eigenvalue weighted by molar-refractivity contribution is 6.25. The van der Waals surface area contributed by atoms with E-state index in [1.54, 1.807) is 49.4 Å². The molecule has 1 heterocycles. The summed E-state index contributed by atoms with van der Waals surface area (Å²) >= 11 is 5.07. The number of piperidine rings is 1. The fourth-order valence-electron chi connectivity index (χ4n) is 3.68. The van der Waals surface area contributed by atoms with Crippen LogP contribution in [-0.4, -0.2) is 35.8 Å². The van der Waals surface area contributed by atoms with Crippen molar-refractivity contribution < 1.29 is 26.3 Å². The quantitative estimate of drug-likeness (QED) is 0.442. The number of nitrogens with zero attached hydrogens (tertiary/aromatic N) is 3. The van der Waals surface area contributed by atoms with Gasteiger partial charge in [-0.15, -0.1) is 0 Å². The molecule has 0 bridgehead atoms. The van der Waals surface area contributed by atoms with Crippen molar-refractivity contribution in [3.8, 4) is 6.07 Å². The topological polar surface area (TPSA) is 132 Å². The summed E-state index contributed by atoms with van der Waals surface area (Å²) in [5.74, 6) is -1.59. The Kier molecular flexibility index (Phi) is 7.70. The van der Waals surface area contributed by atoms with Crippen LogP contribution in [0.4, 0.5) is 17.1 Å². The van der Waals surface area contributed by atoms with Gasteiger partial charge in [-0.25, -0.2) is 0 Å². The Balaban J connectivity index is 1.73. The van der Waals surface area contributed by atoms with E-state index in [2.05, 4.69) is 16.4 Å². The smallest absolute Gasteiger partial charge is 0.306 e. The van der Waals surface area contributed by atoms with Gasteiger partial charge in [0.15, 0.2) is 11.6 Å². The molecule has 0 radical (unpaired) electrons. The van der Waals surface area contributed by atoms with E-state index in [0.717, 1.165) is 5.69 Å². The Hall–Kier alpha value is -3.83. The predicted molar refractivity (Wildman–Crippen MR) is 124 cm³/mol. The van der Waals surface area contributed by atoms with Crippen molar-refractivity contribution >= 4 is 34.7 Å². The molecule has 2 aromatic rings. The molecule has 0 aliphatic carbocycles. The van der Waals surface area contributed by atoms with Crippen LogP contribution in [0.3, 0.4) is 0 Å². The van der Waals surface area contributed by atoms with Crippen molar-refractivity contribution in [2.45, 2.75) is 19.8 Å². The number of halogens is 1. The number of hydrogen-bond donors (Lipinski definition) is 3. The lowest BCUT2D eigenvalue weighted by molar-refractivity contribution is -0.288. The third-order valence-electron chi connectivity index (χ3n) is 5.49. The number of aliphatic carboxylic acids is 1. The molecule has 0 spiro atoms. The van der Waals surface area contributed by atoms with Crippen molar-refractivity contribution in [2.24, 2.45) is 16.6 Å². The van der Waals surface area contributed by atoms with Crippen LogP contribution in [0.2, 0.25) is 5.02 Å². The first-order chi connectivity index (χ1) is 15.8. The molecular formula is C24H25ClN5O3+. The van der Waals surface area contributed by atoms with Gasteiger partial charge in [-0.3, -0.25) is 14.6 Å². The van der Waals surface area contributed by atoms with Gasteiger partial charge in [-0.05, 0) is 50.1 Å². The van der Waals surface area contributed by atoms with Crippen LogP contribution in [0.5, 0.6) is 0 Å². The average molecular weight is 467 g/mol. The normalized spacial score (nSPS) is 15.1. The number of carbonyl (C=O) groups excluding carboxylic acids is 1. The molecule has 2 aromatic carbocycles. The van der Waals surface area contributed by atoms with E-state index in [1.807, 2.05) is 4.90 Å². The van der Waals surface area contributed by atoms with E-state index in [1.165, 1.54) is 6.20 Å². The molecule has 1 aliphatic rings. The van der Waals surface area contributed by atoms with Gasteiger partial charge < -0.3 is 21.1 Å². The fourth-order valence-corrected chi connectivity index (χ4v) is 3.82. The van der Waals surface area contributed by atoms with E-state index in [9.17, 15) is 20.0 Å². The van der Waals surface area contributed by atoms with E-state index >= 15 is 0 Å². The second kappa shape index (κ2) is 10.7. The zero-order chi connectivity index (χ0) is 24.0. The molecule has 0 atom stereocenters. The molecule has 0 saturated carbocycles. The summed E-state index contributed by atoms with van der Waals surface area (Å²) in [6.45, 7) is 2.80. The first kappa shape index (κ1) is 23.8. The lowest BCUT2D eigenvalue weighted by Crippen LogP contribution is -2.36. The average Bonchev–Trinajstić information content (AvgIpc) is 2.81. The number of hydrogen-bond acceptors (Lipinski definition) is 6. The van der Waals surface area contributed by atoms with Crippen molar-refractivity contribution in [1.29, 1.82) is 5.26 Å². The molecule has 1 amide bonds. The van der Waals surface area contributed by atoms with Crippen LogP contribution in [-0.2, 0) is 9.59 Å². The zero-order valence-corrected chi connectivity index (χ0v) is 18.9. The van der Waals surface area contributed by atoms with Gasteiger partial charge in [-0.2, -0.15) is 5.26 Å². The molecule has 0 unspecified atom stereocenters. The van der Waals surface area contributed by atoms with Gasteiger partial charge in [-0.1, -0.05) is 0 Å². The Morgan fingerprint density at radius 1 is 1.24 bits per heavy atom. The number of rotatable bonds is 6. The maximum absolute atomic E-state index is 12.8. The number of amides is 1. The highest BCUT2D eigenvalue weighted by atomic mass is 35.5. The number of nitrogens with one attached hydrogen (secondary N) is 1. The number of carboxylic acid groups (broad SMARTS) is 1. The lowest BCUT2D eigenvalue weighted by Gasteiger charge is -2.32. The third-order valence-corrected chi connectivity index (χ3v) is 5.77. The molecule has 1 saturated heterocycles. The van der Waals surface area contributed by atoms with Gasteiger partial charge >= 0.3 is 5.97 Å². The van der Waals surface area contributed by atoms with Crippen LogP contribution in [0.1, 0.15) is 25.3 Å². The summed E-state index contributed by atoms with van der Waals surface area (Å²) in [5, 5.41) is 22.3. The fraction of sp³-hybridized carbons (Fsp3) is 0.250. The van der Waals surface area contributed by atoms with Crippen molar-refractivity contribution in [2.75, 3.05) is 23.3 Å². The molecule has 8 nitrogen and oxygen atoms in total. The summed E-state index contributed by atoms with van der Waals surface area (Å²) in [6.07, 6.45) is 2.25. The largest absolute Gasteiger partial charge is 0.481 e. The van der Waals surface area contributed by atoms with Crippen molar-refractivity contribution in [1.82, 2.24) is 0 Å². The number of anilines is 2. The zero-order valence-electron chi connectivity index (χ0n) is 18.1. The Morgan fingerprint density at radius 2 is 1.91 bits per heavy atom. The van der Waals surface area contributed by atoms with Gasteiger partial charge in [0.05, 0.1) is 34.1 Å². The van der Waals surface area contributed by atoms with E-state index in [4.69, 9.17) is 17.3 Å². The number of benzene rings is 2. The van der Waals surface area contributed by atoms with Crippen LogP contribution in [0.25, 0.3) is 0 Å². The minimum absolute atomic E-state index is 0.204. The number of nitrogens with two attached hydrogens (primary N) is 1. The Bertz CT molecular complexity index is 1140. The van der Waals surface area contributed by atoms with E-state index in [-0.39, 0.29) is 11.5 Å². The Labute approximate surface area is 197 Å². The molecule has 4 N–H and O–H groups in total. The molecular weight excluding hydrogens is 442 g/mol. The van der Waals surface area contributed by atoms with Crippen LogP contribution in [0.15, 0.2) is 59.2 Å². The van der Waals surface area contributed by atoms with Gasteiger partial charge in [0.2, 0.25) is 5.02 Å². The molecule has 1 fully saturated rings. The highest BCUT2D eigenvalue weighted by Crippen LogP contribution is 2.28. The second-order valence-electron chi connectivity index (χ2n) is 7.67. The first-order valence-electron chi connectivity index (χ1n) is 10.4. The van der Waals surface area contributed by atoms with Gasteiger partial charge in [0.1, 0.15) is 6.07 Å². The summed E-state index contributed by atoms with van der Waals surface area (Å²) in [7, 11) is 0. The Morgan fingerprint density at radius 3 is 2.48 bits per heavy atom. The van der Waals surface area contributed by atoms with Crippen LogP contribution >= 0.6 is 0 Å². The minimum Gasteiger partial charge on any atom is -0.481 e. The predicted octanol–water partition coefficient (Wildman–Crippen LogP) is 3.13. The van der Waals surface area contributed by atoms with Crippen LogP contribution in [0, 0.1) is 28.8 Å². The molecule has 3 rings (SSSR count). The SMILES string of the molecule is CC(=Nc1ccc([ClH+])cc1)C(=CN)C(=O)Nc1ccc(N2CCC(C(=O)O)CC2)c(C#N)c1. The summed E-state index contributed by atoms with van der Waals surface area (Å²) in [4.78, 5) is 30.4. The van der Waals surface area contributed by atoms with Gasteiger partial charge in [0, 0.05) is 37.1 Å². The van der Waals surface area contributed by atoms with Gasteiger partial charge in [0.25, 0.3) is 5.91 Å². The monoisotopic (exact) mass is 466 g/mol.